The van der Waals surface area contributed by atoms with Crippen LogP contribution in [0.1, 0.15) is 26.2 Å². The first-order chi connectivity index (χ1) is 7.70. The molecule has 0 saturated carbocycles. The molecule has 0 unspecified atom stereocenters. The van der Waals surface area contributed by atoms with E-state index in [2.05, 4.69) is 18.9 Å². The van der Waals surface area contributed by atoms with Crippen LogP contribution in [0.2, 0.25) is 0 Å². The molecule has 0 spiro atoms. The molecule has 0 fully saturated rings. The summed E-state index contributed by atoms with van der Waals surface area (Å²) in [6, 6.07) is 0. The van der Waals surface area contributed by atoms with Crippen molar-refractivity contribution in [2.24, 2.45) is 11.7 Å². The number of nitrogens with zero attached hydrogens (tertiary/aromatic N) is 1. The predicted molar refractivity (Wildman–Crippen MR) is 67.4 cm³/mol. The molecule has 0 rings (SSSR count). The van der Waals surface area contributed by atoms with Crippen molar-refractivity contribution < 1.29 is 9.47 Å². The van der Waals surface area contributed by atoms with Gasteiger partial charge in [-0.15, -0.1) is 0 Å². The third kappa shape index (κ3) is 10.4. The van der Waals surface area contributed by atoms with Crippen LogP contribution < -0.4 is 5.73 Å². The minimum atomic E-state index is 0.341. The summed E-state index contributed by atoms with van der Waals surface area (Å²) in [5.74, 6) is 0.756. The second kappa shape index (κ2) is 11.3. The highest BCUT2D eigenvalue weighted by Crippen LogP contribution is 2.10. The van der Waals surface area contributed by atoms with Gasteiger partial charge in [0.1, 0.15) is 0 Å². The highest BCUT2D eigenvalue weighted by atomic mass is 16.5. The van der Waals surface area contributed by atoms with Gasteiger partial charge in [0.25, 0.3) is 0 Å². The van der Waals surface area contributed by atoms with Crippen molar-refractivity contribution in [2.45, 2.75) is 26.2 Å². The lowest BCUT2D eigenvalue weighted by Gasteiger charge is -2.18. The summed E-state index contributed by atoms with van der Waals surface area (Å²) in [5.41, 5.74) is 5.25. The van der Waals surface area contributed by atoms with E-state index in [1.54, 1.807) is 7.11 Å². The number of nitrogens with two attached hydrogens (primary N) is 1. The molecule has 16 heavy (non-hydrogen) atoms. The van der Waals surface area contributed by atoms with Crippen LogP contribution in [0.15, 0.2) is 0 Å². The molecule has 0 aromatic rings. The number of likely N-dealkylation sites (N-methyl/N-ethyl adjacent to an activating group) is 1. The number of hydrogen-bond acceptors (Lipinski definition) is 4. The lowest BCUT2D eigenvalue weighted by Crippen LogP contribution is -2.25. The second-order valence-electron chi connectivity index (χ2n) is 4.41. The first-order valence-electron chi connectivity index (χ1n) is 6.16. The zero-order valence-corrected chi connectivity index (χ0v) is 11.1. The Morgan fingerprint density at radius 2 is 1.94 bits per heavy atom. The minimum Gasteiger partial charge on any atom is -0.383 e. The van der Waals surface area contributed by atoms with Crippen molar-refractivity contribution in [2.75, 3.05) is 47.2 Å². The Morgan fingerprint density at radius 1 is 1.19 bits per heavy atom. The molecular weight excluding hydrogens is 204 g/mol. The summed E-state index contributed by atoms with van der Waals surface area (Å²) in [5, 5.41) is 0. The van der Waals surface area contributed by atoms with Gasteiger partial charge in [0, 0.05) is 20.3 Å². The van der Waals surface area contributed by atoms with Crippen molar-refractivity contribution in [3.05, 3.63) is 0 Å². The Bertz CT molecular complexity index is 145. The van der Waals surface area contributed by atoms with Gasteiger partial charge in [-0.1, -0.05) is 6.92 Å². The molecular formula is C12H28N2O2. The Labute approximate surface area is 100 Å². The van der Waals surface area contributed by atoms with E-state index in [0.717, 1.165) is 38.6 Å². The molecule has 0 aromatic heterocycles. The molecule has 0 aliphatic heterocycles. The molecule has 0 aliphatic rings. The predicted octanol–water partition coefficient (Wildman–Crippen LogP) is 1.30. The molecule has 0 radical (unpaired) electrons. The van der Waals surface area contributed by atoms with Crippen molar-refractivity contribution in [3.8, 4) is 0 Å². The Kier molecular flexibility index (Phi) is 11.2. The van der Waals surface area contributed by atoms with Gasteiger partial charge >= 0.3 is 0 Å². The molecule has 98 valence electrons. The molecule has 0 amide bonds. The lowest BCUT2D eigenvalue weighted by atomic mass is 10.0. The van der Waals surface area contributed by atoms with E-state index in [1.165, 1.54) is 12.8 Å². The third-order valence-corrected chi connectivity index (χ3v) is 2.78. The smallest absolute Gasteiger partial charge is 0.0940 e. The highest BCUT2D eigenvalue weighted by Gasteiger charge is 2.04. The first-order valence-corrected chi connectivity index (χ1v) is 6.16. The van der Waals surface area contributed by atoms with Crippen LogP contribution in [0.3, 0.4) is 0 Å². The maximum absolute atomic E-state index is 5.25. The average Bonchev–Trinajstić information content (AvgIpc) is 2.29. The number of ether oxygens (including phenoxy) is 2. The quantitative estimate of drug-likeness (QED) is 0.431. The van der Waals surface area contributed by atoms with Crippen molar-refractivity contribution in [1.29, 1.82) is 0 Å². The van der Waals surface area contributed by atoms with Crippen LogP contribution >= 0.6 is 0 Å². The van der Waals surface area contributed by atoms with Gasteiger partial charge in [-0.05, 0) is 38.8 Å². The molecule has 2 N–H and O–H groups in total. The number of rotatable bonds is 11. The summed E-state index contributed by atoms with van der Waals surface area (Å²) in [6.45, 7) is 6.40. The summed E-state index contributed by atoms with van der Waals surface area (Å²) >= 11 is 0. The summed E-state index contributed by atoms with van der Waals surface area (Å²) in [4.78, 5) is 2.32. The second-order valence-corrected chi connectivity index (χ2v) is 4.41. The van der Waals surface area contributed by atoms with E-state index in [1.807, 2.05) is 0 Å². The highest BCUT2D eigenvalue weighted by molar-refractivity contribution is 4.58. The molecule has 4 heteroatoms. The van der Waals surface area contributed by atoms with Crippen molar-refractivity contribution >= 4 is 0 Å². The summed E-state index contributed by atoms with van der Waals surface area (Å²) in [6.07, 6.45) is 3.57. The van der Waals surface area contributed by atoms with Crippen molar-refractivity contribution in [3.63, 3.8) is 0 Å². The van der Waals surface area contributed by atoms with E-state index < -0.39 is 0 Å². The molecule has 0 bridgehead atoms. The zero-order chi connectivity index (χ0) is 12.2. The molecule has 1 atom stereocenters. The molecule has 0 aromatic carbocycles. The summed E-state index contributed by atoms with van der Waals surface area (Å²) < 4.78 is 10.2. The van der Waals surface area contributed by atoms with E-state index in [-0.39, 0.29) is 0 Å². The average molecular weight is 232 g/mol. The molecule has 0 aliphatic carbocycles. The normalized spacial score (nSPS) is 13.3. The van der Waals surface area contributed by atoms with E-state index in [4.69, 9.17) is 15.2 Å². The topological polar surface area (TPSA) is 47.7 Å². The fourth-order valence-corrected chi connectivity index (χ4v) is 1.56. The Hall–Kier alpha value is -0.160. The van der Waals surface area contributed by atoms with Crippen molar-refractivity contribution in [1.82, 2.24) is 4.90 Å². The largest absolute Gasteiger partial charge is 0.383 e. The fraction of sp³-hybridized carbons (Fsp3) is 1.00. The van der Waals surface area contributed by atoms with Gasteiger partial charge in [-0.2, -0.15) is 0 Å². The van der Waals surface area contributed by atoms with Gasteiger partial charge < -0.3 is 20.1 Å². The fourth-order valence-electron chi connectivity index (χ4n) is 1.56. The maximum Gasteiger partial charge on any atom is 0.0940 e. The van der Waals surface area contributed by atoms with Crippen LogP contribution in [0, 0.1) is 5.92 Å². The van der Waals surface area contributed by atoms with Gasteiger partial charge in [-0.25, -0.2) is 0 Å². The van der Waals surface area contributed by atoms with Crippen LogP contribution in [0.4, 0.5) is 0 Å². The molecule has 0 saturated heterocycles. The van der Waals surface area contributed by atoms with E-state index in [0.29, 0.717) is 6.73 Å². The van der Waals surface area contributed by atoms with Gasteiger partial charge in [0.2, 0.25) is 0 Å². The zero-order valence-electron chi connectivity index (χ0n) is 11.1. The van der Waals surface area contributed by atoms with Crippen LogP contribution in [0.25, 0.3) is 0 Å². The Morgan fingerprint density at radius 3 is 2.56 bits per heavy atom. The molecule has 4 nitrogen and oxygen atoms in total. The Balaban J connectivity index is 3.31. The van der Waals surface area contributed by atoms with E-state index in [9.17, 15) is 0 Å². The van der Waals surface area contributed by atoms with Gasteiger partial charge in [0.05, 0.1) is 13.3 Å². The summed E-state index contributed by atoms with van der Waals surface area (Å²) in [7, 11) is 3.89. The van der Waals surface area contributed by atoms with Gasteiger partial charge in [-0.3, -0.25) is 0 Å². The SMILES string of the molecule is COCCN(C)CC[C@@H](C)CCCOCN. The first kappa shape index (κ1) is 15.8. The van der Waals surface area contributed by atoms with Crippen LogP contribution in [-0.4, -0.2) is 52.1 Å². The number of hydrogen-bond donors (Lipinski definition) is 1. The molecule has 0 heterocycles. The lowest BCUT2D eigenvalue weighted by molar-refractivity contribution is 0.131. The van der Waals surface area contributed by atoms with E-state index >= 15 is 0 Å². The van der Waals surface area contributed by atoms with Crippen LogP contribution in [0.5, 0.6) is 0 Å². The number of methoxy groups -OCH3 is 1. The monoisotopic (exact) mass is 232 g/mol. The minimum absolute atomic E-state index is 0.341. The standard InChI is InChI=1S/C12H28N2O2/c1-12(5-4-9-16-11-13)6-7-14(2)8-10-15-3/h12H,4-11,13H2,1-3H3/t12-/m0/s1. The van der Waals surface area contributed by atoms with Crippen LogP contribution in [-0.2, 0) is 9.47 Å². The maximum atomic E-state index is 5.25. The van der Waals surface area contributed by atoms with Gasteiger partial charge in [0.15, 0.2) is 0 Å². The third-order valence-electron chi connectivity index (χ3n) is 2.78.